The van der Waals surface area contributed by atoms with Gasteiger partial charge in [-0.15, -0.1) is 0 Å². The van der Waals surface area contributed by atoms with Crippen molar-refractivity contribution in [3.63, 3.8) is 0 Å². The zero-order valence-corrected chi connectivity index (χ0v) is 13.1. The Morgan fingerprint density at radius 2 is 2.00 bits per heavy atom. The van der Waals surface area contributed by atoms with E-state index in [-0.39, 0.29) is 0 Å². The average Bonchev–Trinajstić information content (AvgIpc) is 2.37. The predicted octanol–water partition coefficient (Wildman–Crippen LogP) is 3.38. The van der Waals surface area contributed by atoms with Gasteiger partial charge in [-0.2, -0.15) is 0 Å². The molecule has 4 nitrogen and oxygen atoms in total. The van der Waals surface area contributed by atoms with Gasteiger partial charge in [0.25, 0.3) is 0 Å². The van der Waals surface area contributed by atoms with Crippen LogP contribution in [0, 0.1) is 5.92 Å². The zero-order valence-electron chi connectivity index (χ0n) is 13.1. The molecule has 0 saturated heterocycles. The highest BCUT2D eigenvalue weighted by Gasteiger charge is 2.29. The van der Waals surface area contributed by atoms with Gasteiger partial charge in [0.2, 0.25) is 0 Å². The maximum Gasteiger partial charge on any atom is 0.162 e. The largest absolute Gasteiger partial charge is 0.373 e. The number of nitrogens with zero attached hydrogens (tertiary/aromatic N) is 2. The van der Waals surface area contributed by atoms with Crippen LogP contribution in [-0.2, 0) is 16.8 Å². The molecule has 0 aliphatic heterocycles. The Balaban J connectivity index is 3.17. The van der Waals surface area contributed by atoms with Crippen LogP contribution in [0.4, 0.5) is 5.82 Å². The van der Waals surface area contributed by atoms with Crippen molar-refractivity contribution in [1.29, 1.82) is 0 Å². The molecular weight excluding hydrogens is 238 g/mol. The minimum absolute atomic E-state index is 0.409. The summed E-state index contributed by atoms with van der Waals surface area (Å²) >= 11 is 0. The Morgan fingerprint density at radius 1 is 1.32 bits per heavy atom. The fourth-order valence-electron chi connectivity index (χ4n) is 2.03. The third-order valence-electron chi connectivity index (χ3n) is 3.26. The van der Waals surface area contributed by atoms with Crippen LogP contribution in [0.15, 0.2) is 6.07 Å². The normalized spacial score (nSPS) is 14.5. The minimum atomic E-state index is -0.409. The lowest BCUT2D eigenvalue weighted by Gasteiger charge is -2.27. The third kappa shape index (κ3) is 4.16. The van der Waals surface area contributed by atoms with E-state index in [9.17, 15) is 0 Å². The van der Waals surface area contributed by atoms with Crippen molar-refractivity contribution in [2.24, 2.45) is 5.92 Å². The lowest BCUT2D eigenvalue weighted by atomic mass is 10.0. The van der Waals surface area contributed by atoms with E-state index in [0.29, 0.717) is 12.5 Å². The maximum atomic E-state index is 5.87. The molecule has 0 spiro atoms. The number of anilines is 1. The highest BCUT2D eigenvalue weighted by molar-refractivity contribution is 5.36. The molecular formula is C15H27N3O. The van der Waals surface area contributed by atoms with Gasteiger partial charge in [0.1, 0.15) is 11.4 Å². The van der Waals surface area contributed by atoms with Crippen LogP contribution in [-0.4, -0.2) is 23.6 Å². The van der Waals surface area contributed by atoms with Crippen LogP contribution in [0.1, 0.15) is 52.6 Å². The molecule has 0 bridgehead atoms. The monoisotopic (exact) mass is 265 g/mol. The van der Waals surface area contributed by atoms with Gasteiger partial charge < -0.3 is 10.1 Å². The number of hydrogen-bond donors (Lipinski definition) is 1. The first-order valence-corrected chi connectivity index (χ1v) is 7.15. The molecule has 108 valence electrons. The van der Waals surface area contributed by atoms with Crippen molar-refractivity contribution < 1.29 is 4.74 Å². The van der Waals surface area contributed by atoms with Gasteiger partial charge in [-0.05, 0) is 32.6 Å². The first-order chi connectivity index (χ1) is 8.95. The van der Waals surface area contributed by atoms with Gasteiger partial charge in [-0.3, -0.25) is 0 Å². The Morgan fingerprint density at radius 3 is 2.47 bits per heavy atom. The molecule has 0 aliphatic carbocycles. The van der Waals surface area contributed by atoms with Gasteiger partial charge in [-0.1, -0.05) is 20.8 Å². The van der Waals surface area contributed by atoms with Crippen molar-refractivity contribution in [2.75, 3.05) is 19.0 Å². The average molecular weight is 265 g/mol. The predicted molar refractivity (Wildman–Crippen MR) is 79.4 cm³/mol. The fraction of sp³-hybridized carbons (Fsp3) is 0.733. The van der Waals surface area contributed by atoms with Crippen LogP contribution in [0.2, 0.25) is 0 Å². The first kappa shape index (κ1) is 15.9. The van der Waals surface area contributed by atoms with Gasteiger partial charge in [0, 0.05) is 25.4 Å². The quantitative estimate of drug-likeness (QED) is 0.821. The van der Waals surface area contributed by atoms with E-state index in [2.05, 4.69) is 38.0 Å². The van der Waals surface area contributed by atoms with Crippen LogP contribution in [0.5, 0.6) is 0 Å². The topological polar surface area (TPSA) is 47.0 Å². The smallest absolute Gasteiger partial charge is 0.162 e. The van der Waals surface area contributed by atoms with Crippen molar-refractivity contribution >= 4 is 5.82 Å². The molecule has 0 radical (unpaired) electrons. The van der Waals surface area contributed by atoms with Crippen molar-refractivity contribution in [3.05, 3.63) is 17.6 Å². The molecule has 1 aromatic rings. The molecule has 0 saturated carbocycles. The molecule has 1 heterocycles. The fourth-order valence-corrected chi connectivity index (χ4v) is 2.03. The Kier molecular flexibility index (Phi) is 5.73. The summed E-state index contributed by atoms with van der Waals surface area (Å²) in [4.78, 5) is 9.28. The molecule has 0 aromatic carbocycles. The Bertz CT molecular complexity index is 406. The second kappa shape index (κ2) is 6.85. The maximum absolute atomic E-state index is 5.87. The summed E-state index contributed by atoms with van der Waals surface area (Å²) < 4.78 is 5.87. The summed E-state index contributed by atoms with van der Waals surface area (Å²) in [5.74, 6) is 2.21. The molecule has 1 atom stereocenters. The van der Waals surface area contributed by atoms with E-state index in [1.165, 1.54) is 0 Å². The van der Waals surface area contributed by atoms with Crippen molar-refractivity contribution in [2.45, 2.75) is 53.1 Å². The van der Waals surface area contributed by atoms with E-state index in [1.807, 2.05) is 20.0 Å². The first-order valence-electron chi connectivity index (χ1n) is 7.15. The number of nitrogens with one attached hydrogen (secondary N) is 1. The summed E-state index contributed by atoms with van der Waals surface area (Å²) in [5.41, 5.74) is 0.664. The summed E-state index contributed by atoms with van der Waals surface area (Å²) in [6.07, 6.45) is 1.81. The molecule has 4 heteroatoms. The molecule has 1 aromatic heterocycles. The van der Waals surface area contributed by atoms with E-state index in [1.54, 1.807) is 0 Å². The number of ether oxygens (including phenoxy) is 1. The standard InChI is InChI=1S/C15H27N3O/c1-7-15(5,19-8-2)14-17-12(9-11(3)4)10-13(16-6)18-14/h10-11H,7-9H2,1-6H3,(H,16,17,18). The minimum Gasteiger partial charge on any atom is -0.373 e. The second-order valence-electron chi connectivity index (χ2n) is 5.43. The van der Waals surface area contributed by atoms with E-state index in [4.69, 9.17) is 9.72 Å². The highest BCUT2D eigenvalue weighted by atomic mass is 16.5. The molecule has 19 heavy (non-hydrogen) atoms. The molecule has 1 unspecified atom stereocenters. The van der Waals surface area contributed by atoms with Crippen molar-refractivity contribution in [1.82, 2.24) is 9.97 Å². The number of hydrogen-bond acceptors (Lipinski definition) is 4. The highest BCUT2D eigenvalue weighted by Crippen LogP contribution is 2.27. The SMILES string of the molecule is CCOC(C)(CC)c1nc(CC(C)C)cc(NC)n1. The molecule has 0 fully saturated rings. The summed E-state index contributed by atoms with van der Waals surface area (Å²) in [5, 5.41) is 3.11. The summed E-state index contributed by atoms with van der Waals surface area (Å²) in [6, 6.07) is 2.02. The third-order valence-corrected chi connectivity index (χ3v) is 3.26. The van der Waals surface area contributed by atoms with Crippen LogP contribution < -0.4 is 5.32 Å². The lowest BCUT2D eigenvalue weighted by molar-refractivity contribution is -0.0391. The summed E-state index contributed by atoms with van der Waals surface area (Å²) in [7, 11) is 1.88. The molecule has 0 amide bonds. The number of aromatic nitrogens is 2. The van der Waals surface area contributed by atoms with Gasteiger partial charge in [0.05, 0.1) is 0 Å². The van der Waals surface area contributed by atoms with E-state index in [0.717, 1.165) is 30.2 Å². The Hall–Kier alpha value is -1.16. The second-order valence-corrected chi connectivity index (χ2v) is 5.43. The van der Waals surface area contributed by atoms with Gasteiger partial charge in [0.15, 0.2) is 5.82 Å². The Labute approximate surface area is 117 Å². The van der Waals surface area contributed by atoms with Gasteiger partial charge in [-0.25, -0.2) is 9.97 Å². The van der Waals surface area contributed by atoms with Gasteiger partial charge >= 0.3 is 0 Å². The lowest BCUT2D eigenvalue weighted by Crippen LogP contribution is -2.28. The number of rotatable bonds is 7. The molecule has 0 aliphatic rings. The van der Waals surface area contributed by atoms with Crippen LogP contribution in [0.25, 0.3) is 0 Å². The van der Waals surface area contributed by atoms with Crippen LogP contribution in [0.3, 0.4) is 0 Å². The zero-order chi connectivity index (χ0) is 14.5. The molecule has 1 N–H and O–H groups in total. The summed E-state index contributed by atoms with van der Waals surface area (Å²) in [6.45, 7) is 11.2. The van der Waals surface area contributed by atoms with Crippen LogP contribution >= 0.6 is 0 Å². The molecule has 1 rings (SSSR count). The van der Waals surface area contributed by atoms with Crippen molar-refractivity contribution in [3.8, 4) is 0 Å². The van der Waals surface area contributed by atoms with E-state index >= 15 is 0 Å². The van der Waals surface area contributed by atoms with E-state index < -0.39 is 5.60 Å².